The molecule has 1 amide bonds. The summed E-state index contributed by atoms with van der Waals surface area (Å²) in [5.74, 6) is -0.453. The van der Waals surface area contributed by atoms with Gasteiger partial charge in [0.25, 0.3) is 6.43 Å². The number of amides is 1. The van der Waals surface area contributed by atoms with E-state index in [1.165, 1.54) is 0 Å². The monoisotopic (exact) mass is 222 g/mol. The highest BCUT2D eigenvalue weighted by atomic mass is 19.3. The number of aliphatic hydroxyl groups is 1. The molecule has 0 aliphatic carbocycles. The van der Waals surface area contributed by atoms with Gasteiger partial charge in [0.2, 0.25) is 5.91 Å². The van der Waals surface area contributed by atoms with Crippen LogP contribution in [0, 0.1) is 0 Å². The number of nitrogens with zero attached hydrogens (tertiary/aromatic N) is 1. The molecule has 88 valence electrons. The molecule has 15 heavy (non-hydrogen) atoms. The number of hydrogen-bond acceptors (Lipinski definition) is 3. The zero-order chi connectivity index (χ0) is 11.7. The third-order valence-corrected chi connectivity index (χ3v) is 1.65. The fraction of sp³-hybridized carbons (Fsp3) is 0.667. The highest BCUT2D eigenvalue weighted by Crippen LogP contribution is 1.98. The van der Waals surface area contributed by atoms with Crippen molar-refractivity contribution in [2.45, 2.75) is 6.43 Å². The van der Waals surface area contributed by atoms with Crippen molar-refractivity contribution in [2.75, 3.05) is 32.8 Å². The molecule has 2 N–H and O–H groups in total. The Labute approximate surface area is 87.6 Å². The van der Waals surface area contributed by atoms with Crippen LogP contribution >= 0.6 is 0 Å². The molecule has 0 atom stereocenters. The van der Waals surface area contributed by atoms with E-state index in [1.54, 1.807) is 6.08 Å². The summed E-state index contributed by atoms with van der Waals surface area (Å²) < 4.78 is 24.1. The van der Waals surface area contributed by atoms with E-state index in [-0.39, 0.29) is 19.7 Å². The molecule has 0 aliphatic heterocycles. The van der Waals surface area contributed by atoms with Gasteiger partial charge in [0.15, 0.2) is 0 Å². The highest BCUT2D eigenvalue weighted by molar-refractivity contribution is 5.78. The van der Waals surface area contributed by atoms with E-state index in [2.05, 4.69) is 11.9 Å². The predicted molar refractivity (Wildman–Crippen MR) is 52.7 cm³/mol. The summed E-state index contributed by atoms with van der Waals surface area (Å²) in [5.41, 5.74) is 0. The molecule has 0 aromatic heterocycles. The number of carbonyl (C=O) groups excluding carboxylic acids is 1. The molecule has 0 rings (SSSR count). The Morgan fingerprint density at radius 3 is 2.73 bits per heavy atom. The van der Waals surface area contributed by atoms with Crippen LogP contribution in [0.25, 0.3) is 0 Å². The van der Waals surface area contributed by atoms with Gasteiger partial charge in [0.05, 0.1) is 19.7 Å². The molecular formula is C9H16F2N2O2. The molecule has 0 spiro atoms. The number of halogens is 2. The number of hydrogen-bond donors (Lipinski definition) is 2. The lowest BCUT2D eigenvalue weighted by Gasteiger charge is -2.21. The number of aliphatic hydroxyl groups excluding tert-OH is 1. The molecule has 0 bridgehead atoms. The molecule has 0 saturated carbocycles. The largest absolute Gasteiger partial charge is 0.395 e. The Balaban J connectivity index is 3.97. The van der Waals surface area contributed by atoms with Crippen molar-refractivity contribution >= 4 is 5.91 Å². The quantitative estimate of drug-likeness (QED) is 0.443. The number of rotatable bonds is 8. The van der Waals surface area contributed by atoms with Crippen molar-refractivity contribution in [3.05, 3.63) is 12.7 Å². The van der Waals surface area contributed by atoms with Crippen LogP contribution in [0.2, 0.25) is 0 Å². The second-order valence-electron chi connectivity index (χ2n) is 2.87. The summed E-state index contributed by atoms with van der Waals surface area (Å²) in [6, 6.07) is 0. The van der Waals surface area contributed by atoms with Crippen molar-refractivity contribution in [1.29, 1.82) is 0 Å². The zero-order valence-corrected chi connectivity index (χ0v) is 8.46. The van der Waals surface area contributed by atoms with Crippen molar-refractivity contribution in [2.24, 2.45) is 0 Å². The fourth-order valence-electron chi connectivity index (χ4n) is 0.998. The van der Waals surface area contributed by atoms with E-state index in [0.29, 0.717) is 6.54 Å². The van der Waals surface area contributed by atoms with Crippen LogP contribution in [0.1, 0.15) is 0 Å². The van der Waals surface area contributed by atoms with Crippen molar-refractivity contribution in [3.63, 3.8) is 0 Å². The zero-order valence-electron chi connectivity index (χ0n) is 8.46. The molecule has 6 heteroatoms. The maximum Gasteiger partial charge on any atom is 0.255 e. The van der Waals surface area contributed by atoms with E-state index in [4.69, 9.17) is 5.11 Å². The Morgan fingerprint density at radius 1 is 1.60 bits per heavy atom. The maximum absolute atomic E-state index is 12.0. The van der Waals surface area contributed by atoms with Crippen LogP contribution in [-0.4, -0.2) is 55.1 Å². The molecule has 0 fully saturated rings. The van der Waals surface area contributed by atoms with Gasteiger partial charge in [-0.25, -0.2) is 8.78 Å². The summed E-state index contributed by atoms with van der Waals surface area (Å²) in [6.07, 6.45) is -1.02. The van der Waals surface area contributed by atoms with Gasteiger partial charge in [0.1, 0.15) is 0 Å². The number of nitrogens with one attached hydrogen (secondary N) is 1. The van der Waals surface area contributed by atoms with Crippen molar-refractivity contribution in [1.82, 2.24) is 10.2 Å². The predicted octanol–water partition coefficient (Wildman–Crippen LogP) is -0.152. The van der Waals surface area contributed by atoms with E-state index in [0.717, 1.165) is 4.90 Å². The number of alkyl halides is 2. The molecule has 4 nitrogen and oxygen atoms in total. The Kier molecular flexibility index (Phi) is 7.75. The molecule has 0 radical (unpaired) electrons. The smallest absolute Gasteiger partial charge is 0.255 e. The molecule has 0 aliphatic rings. The molecule has 0 saturated heterocycles. The SMILES string of the molecule is C=CCNCC(=O)N(CCO)CC(F)F. The maximum atomic E-state index is 12.0. The van der Waals surface area contributed by atoms with Crippen LogP contribution in [0.5, 0.6) is 0 Å². The first kappa shape index (κ1) is 14.0. The lowest BCUT2D eigenvalue weighted by Crippen LogP contribution is -2.42. The standard InChI is InChI=1S/C9H16F2N2O2/c1-2-3-12-6-9(15)13(4-5-14)7-8(10)11/h2,8,12,14H,1,3-7H2. The first-order valence-corrected chi connectivity index (χ1v) is 4.60. The van der Waals surface area contributed by atoms with Crippen LogP contribution in [0.3, 0.4) is 0 Å². The summed E-state index contributed by atoms with van der Waals surface area (Å²) in [5, 5.41) is 11.3. The average molecular weight is 222 g/mol. The lowest BCUT2D eigenvalue weighted by atomic mass is 10.4. The Bertz CT molecular complexity index is 201. The minimum Gasteiger partial charge on any atom is -0.395 e. The fourth-order valence-corrected chi connectivity index (χ4v) is 0.998. The van der Waals surface area contributed by atoms with Gasteiger partial charge in [-0.15, -0.1) is 6.58 Å². The van der Waals surface area contributed by atoms with E-state index >= 15 is 0 Å². The van der Waals surface area contributed by atoms with Gasteiger partial charge in [-0.1, -0.05) is 6.08 Å². The first-order chi connectivity index (χ1) is 7.11. The van der Waals surface area contributed by atoms with Crippen LogP contribution in [-0.2, 0) is 4.79 Å². The first-order valence-electron chi connectivity index (χ1n) is 4.60. The van der Waals surface area contributed by atoms with E-state index in [1.807, 2.05) is 0 Å². The molecule has 0 aromatic carbocycles. The normalized spacial score (nSPS) is 10.4. The van der Waals surface area contributed by atoms with Crippen molar-refractivity contribution in [3.8, 4) is 0 Å². The van der Waals surface area contributed by atoms with E-state index < -0.39 is 18.9 Å². The third-order valence-electron chi connectivity index (χ3n) is 1.65. The average Bonchev–Trinajstić information content (AvgIpc) is 2.17. The van der Waals surface area contributed by atoms with Gasteiger partial charge < -0.3 is 15.3 Å². The van der Waals surface area contributed by atoms with Gasteiger partial charge in [0, 0.05) is 13.1 Å². The number of carbonyl (C=O) groups is 1. The molecule has 0 unspecified atom stereocenters. The summed E-state index contributed by atoms with van der Waals surface area (Å²) in [7, 11) is 0. The van der Waals surface area contributed by atoms with E-state index in [9.17, 15) is 13.6 Å². The lowest BCUT2D eigenvalue weighted by molar-refractivity contribution is -0.132. The molecule has 0 heterocycles. The van der Waals surface area contributed by atoms with Crippen LogP contribution in [0.4, 0.5) is 8.78 Å². The topological polar surface area (TPSA) is 52.6 Å². The summed E-state index contributed by atoms with van der Waals surface area (Å²) in [6.45, 7) is 2.81. The molecular weight excluding hydrogens is 206 g/mol. The van der Waals surface area contributed by atoms with Gasteiger partial charge >= 0.3 is 0 Å². The van der Waals surface area contributed by atoms with Crippen LogP contribution in [0.15, 0.2) is 12.7 Å². The third kappa shape index (κ3) is 6.98. The van der Waals surface area contributed by atoms with Gasteiger partial charge in [-0.05, 0) is 0 Å². The Morgan fingerprint density at radius 2 is 2.27 bits per heavy atom. The van der Waals surface area contributed by atoms with Gasteiger partial charge in [-0.3, -0.25) is 4.79 Å². The highest BCUT2D eigenvalue weighted by Gasteiger charge is 2.16. The summed E-state index contributed by atoms with van der Waals surface area (Å²) >= 11 is 0. The summed E-state index contributed by atoms with van der Waals surface area (Å²) in [4.78, 5) is 12.3. The second kappa shape index (κ2) is 8.31. The molecule has 0 aromatic rings. The van der Waals surface area contributed by atoms with Crippen LogP contribution < -0.4 is 5.32 Å². The Hall–Kier alpha value is -1.01. The minimum absolute atomic E-state index is 0.0290. The van der Waals surface area contributed by atoms with Crippen molar-refractivity contribution < 1.29 is 18.7 Å². The minimum atomic E-state index is -2.58. The van der Waals surface area contributed by atoms with Gasteiger partial charge in [-0.2, -0.15) is 0 Å². The second-order valence-corrected chi connectivity index (χ2v) is 2.87.